The molecule has 1 aromatic carbocycles. The maximum Gasteiger partial charge on any atom is 0.205 e. The van der Waals surface area contributed by atoms with Crippen molar-refractivity contribution in [3.63, 3.8) is 0 Å². The first-order chi connectivity index (χ1) is 7.48. The summed E-state index contributed by atoms with van der Waals surface area (Å²) in [6, 6.07) is 6.03. The fourth-order valence-corrected chi connectivity index (χ4v) is 2.25. The average Bonchev–Trinajstić information content (AvgIpc) is 2.26. The smallest absolute Gasteiger partial charge is 0.205 e. The van der Waals surface area contributed by atoms with Gasteiger partial charge in [0.25, 0.3) is 0 Å². The lowest BCUT2D eigenvalue weighted by molar-refractivity contribution is 0.267. The first-order valence-corrected chi connectivity index (χ1v) is 6.63. The van der Waals surface area contributed by atoms with Gasteiger partial charge in [-0.1, -0.05) is 11.6 Å². The molecule has 5 heteroatoms. The summed E-state index contributed by atoms with van der Waals surface area (Å²) in [7, 11) is -3.45. The van der Waals surface area contributed by atoms with Crippen LogP contribution in [-0.2, 0) is 14.6 Å². The van der Waals surface area contributed by atoms with Crippen LogP contribution in [-0.4, -0.2) is 15.0 Å². The molecule has 0 amide bonds. The van der Waals surface area contributed by atoms with Crippen LogP contribution in [0.4, 0.5) is 0 Å². The molecule has 1 rings (SSSR count). The summed E-state index contributed by atoms with van der Waals surface area (Å²) in [6.45, 7) is 3.73. The Bertz CT molecular complexity index is 474. The Labute approximate surface area is 101 Å². The molecule has 0 heterocycles. The second-order valence-corrected chi connectivity index (χ2v) is 5.70. The van der Waals surface area contributed by atoms with Gasteiger partial charge in [-0.2, -0.15) is 0 Å². The number of hydrogen-bond acceptors (Lipinski definition) is 3. The van der Waals surface area contributed by atoms with Crippen LogP contribution in [0, 0.1) is 0 Å². The molecule has 0 unspecified atom stereocenters. The molecule has 0 aliphatic carbocycles. The lowest BCUT2D eigenvalue weighted by Gasteiger charge is -2.04. The Morgan fingerprint density at radius 1 is 1.38 bits per heavy atom. The third-order valence-electron chi connectivity index (χ3n) is 1.96. The van der Waals surface area contributed by atoms with Gasteiger partial charge in [0, 0.05) is 5.02 Å². The number of allylic oxidation sites excluding steroid dienone is 1. The Balaban J connectivity index is 3.07. The van der Waals surface area contributed by atoms with Crippen LogP contribution in [0.15, 0.2) is 40.3 Å². The van der Waals surface area contributed by atoms with Crippen LogP contribution in [0.1, 0.15) is 13.8 Å². The summed E-state index contributed by atoms with van der Waals surface area (Å²) < 4.78 is 28.9. The minimum absolute atomic E-state index is 0.177. The molecule has 0 aromatic heterocycles. The Kier molecular flexibility index (Phi) is 4.38. The van der Waals surface area contributed by atoms with E-state index in [-0.39, 0.29) is 9.80 Å². The van der Waals surface area contributed by atoms with E-state index < -0.39 is 9.84 Å². The van der Waals surface area contributed by atoms with Gasteiger partial charge in [0.2, 0.25) is 9.84 Å². The Morgan fingerprint density at radius 3 is 2.44 bits per heavy atom. The minimum Gasteiger partial charge on any atom is -0.500 e. The fraction of sp³-hybridized carbons (Fsp3) is 0.273. The second kappa shape index (κ2) is 5.37. The van der Waals surface area contributed by atoms with Gasteiger partial charge in [0.1, 0.15) is 0 Å². The highest BCUT2D eigenvalue weighted by atomic mass is 35.5. The number of ether oxygens (including phenoxy) is 1. The normalized spacial score (nSPS) is 12.6. The standard InChI is InChI=1S/C11H13ClO3S/c1-3-15-8-9(2)16(13,14)11-6-4-10(12)5-7-11/h4-8H,3H2,1-2H3/b9-8+. The zero-order valence-electron chi connectivity index (χ0n) is 9.10. The van der Waals surface area contributed by atoms with Gasteiger partial charge in [0.15, 0.2) is 0 Å². The summed E-state index contributed by atoms with van der Waals surface area (Å²) >= 11 is 5.69. The maximum absolute atomic E-state index is 12.0. The molecule has 16 heavy (non-hydrogen) atoms. The predicted molar refractivity (Wildman–Crippen MR) is 64.0 cm³/mol. The molecule has 0 aliphatic rings. The van der Waals surface area contributed by atoms with Crippen LogP contribution in [0.3, 0.4) is 0 Å². The minimum atomic E-state index is -3.45. The molecule has 3 nitrogen and oxygen atoms in total. The SMILES string of the molecule is CCO/C=C(\C)S(=O)(=O)c1ccc(Cl)cc1. The lowest BCUT2D eigenvalue weighted by Crippen LogP contribution is -2.02. The monoisotopic (exact) mass is 260 g/mol. The van der Waals surface area contributed by atoms with Crippen LogP contribution in [0.25, 0.3) is 0 Å². The molecule has 88 valence electrons. The molecule has 0 spiro atoms. The quantitative estimate of drug-likeness (QED) is 0.782. The van der Waals surface area contributed by atoms with E-state index >= 15 is 0 Å². The van der Waals surface area contributed by atoms with E-state index in [0.717, 1.165) is 0 Å². The number of hydrogen-bond donors (Lipinski definition) is 0. The molecule has 0 fully saturated rings. The topological polar surface area (TPSA) is 43.4 Å². The van der Waals surface area contributed by atoms with E-state index in [0.29, 0.717) is 11.6 Å². The van der Waals surface area contributed by atoms with Gasteiger partial charge < -0.3 is 4.74 Å². The highest BCUT2D eigenvalue weighted by Crippen LogP contribution is 2.20. The molecule has 0 aliphatic heterocycles. The van der Waals surface area contributed by atoms with Gasteiger partial charge in [0.05, 0.1) is 22.7 Å². The third-order valence-corrected chi connectivity index (χ3v) is 4.05. The van der Waals surface area contributed by atoms with Crippen molar-refractivity contribution in [2.75, 3.05) is 6.61 Å². The van der Waals surface area contributed by atoms with Crippen LogP contribution < -0.4 is 0 Å². The van der Waals surface area contributed by atoms with Crippen LogP contribution >= 0.6 is 11.6 Å². The van der Waals surface area contributed by atoms with E-state index in [9.17, 15) is 8.42 Å². The number of sulfone groups is 1. The van der Waals surface area contributed by atoms with Gasteiger partial charge in [-0.15, -0.1) is 0 Å². The summed E-state index contributed by atoms with van der Waals surface area (Å²) in [5.41, 5.74) is 0. The number of rotatable bonds is 4. The maximum atomic E-state index is 12.0. The summed E-state index contributed by atoms with van der Waals surface area (Å²) in [6.07, 6.45) is 1.25. The summed E-state index contributed by atoms with van der Waals surface area (Å²) in [5.74, 6) is 0. The summed E-state index contributed by atoms with van der Waals surface area (Å²) in [4.78, 5) is 0.391. The number of benzene rings is 1. The van der Waals surface area contributed by atoms with Gasteiger partial charge in [-0.05, 0) is 38.1 Å². The van der Waals surface area contributed by atoms with E-state index in [2.05, 4.69) is 0 Å². The fourth-order valence-electron chi connectivity index (χ4n) is 1.06. The molecule has 0 atom stereocenters. The molecular weight excluding hydrogens is 248 g/mol. The lowest BCUT2D eigenvalue weighted by atomic mass is 10.4. The molecule has 0 N–H and O–H groups in total. The highest BCUT2D eigenvalue weighted by Gasteiger charge is 2.16. The van der Waals surface area contributed by atoms with Crippen LogP contribution in [0.5, 0.6) is 0 Å². The van der Waals surface area contributed by atoms with Gasteiger partial charge in [-0.3, -0.25) is 0 Å². The zero-order chi connectivity index (χ0) is 12.2. The molecule has 0 saturated carbocycles. The Morgan fingerprint density at radius 2 is 1.94 bits per heavy atom. The van der Waals surface area contributed by atoms with E-state index in [4.69, 9.17) is 16.3 Å². The first-order valence-electron chi connectivity index (χ1n) is 4.77. The van der Waals surface area contributed by atoms with Crippen molar-refractivity contribution in [3.8, 4) is 0 Å². The number of halogens is 1. The first kappa shape index (κ1) is 13.1. The molecule has 0 bridgehead atoms. The van der Waals surface area contributed by atoms with Crippen molar-refractivity contribution in [3.05, 3.63) is 40.5 Å². The molecule has 1 aromatic rings. The Hall–Kier alpha value is -1.00. The van der Waals surface area contributed by atoms with E-state index in [1.165, 1.54) is 25.3 Å². The largest absolute Gasteiger partial charge is 0.500 e. The van der Waals surface area contributed by atoms with E-state index in [1.54, 1.807) is 19.1 Å². The van der Waals surface area contributed by atoms with Gasteiger partial charge in [-0.25, -0.2) is 8.42 Å². The van der Waals surface area contributed by atoms with Crippen molar-refractivity contribution in [2.24, 2.45) is 0 Å². The van der Waals surface area contributed by atoms with Crippen LogP contribution in [0.2, 0.25) is 5.02 Å². The summed E-state index contributed by atoms with van der Waals surface area (Å²) in [5, 5.41) is 0.505. The third kappa shape index (κ3) is 3.00. The molecule has 0 radical (unpaired) electrons. The van der Waals surface area contributed by atoms with Crippen molar-refractivity contribution in [1.82, 2.24) is 0 Å². The molecule has 0 saturated heterocycles. The van der Waals surface area contributed by atoms with Crippen molar-refractivity contribution in [1.29, 1.82) is 0 Å². The predicted octanol–water partition coefficient (Wildman–Crippen LogP) is 3.01. The molecular formula is C11H13ClO3S. The van der Waals surface area contributed by atoms with E-state index in [1.807, 2.05) is 0 Å². The zero-order valence-corrected chi connectivity index (χ0v) is 10.7. The van der Waals surface area contributed by atoms with Crippen molar-refractivity contribution >= 4 is 21.4 Å². The second-order valence-electron chi connectivity index (χ2n) is 3.14. The highest BCUT2D eigenvalue weighted by molar-refractivity contribution is 7.95. The van der Waals surface area contributed by atoms with Crippen molar-refractivity contribution in [2.45, 2.75) is 18.7 Å². The van der Waals surface area contributed by atoms with Gasteiger partial charge >= 0.3 is 0 Å². The average molecular weight is 261 g/mol. The van der Waals surface area contributed by atoms with Crippen molar-refractivity contribution < 1.29 is 13.2 Å².